The number of ether oxygens (including phenoxy) is 2. The van der Waals surface area contributed by atoms with Crippen LogP contribution in [-0.4, -0.2) is 62.5 Å². The van der Waals surface area contributed by atoms with Gasteiger partial charge in [0, 0.05) is 29.5 Å². The molecule has 0 bridgehead atoms. The van der Waals surface area contributed by atoms with Crippen LogP contribution in [0.3, 0.4) is 0 Å². The van der Waals surface area contributed by atoms with E-state index in [2.05, 4.69) is 19.7 Å². The van der Waals surface area contributed by atoms with Crippen molar-refractivity contribution in [2.75, 3.05) is 7.11 Å². The Balaban J connectivity index is 0.00000243. The Bertz CT molecular complexity index is 891. The molecular formula is C15H13F3N3NaO3S. The molecule has 0 saturated heterocycles. The van der Waals surface area contributed by atoms with E-state index >= 15 is 0 Å². The van der Waals surface area contributed by atoms with Gasteiger partial charge in [-0.1, -0.05) is 0 Å². The first-order valence-corrected chi connectivity index (χ1v) is 8.29. The van der Waals surface area contributed by atoms with E-state index in [9.17, 15) is 17.7 Å². The van der Waals surface area contributed by atoms with Gasteiger partial charge in [-0.05, 0) is 18.2 Å². The van der Waals surface area contributed by atoms with Crippen molar-refractivity contribution in [3.8, 4) is 11.5 Å². The first kappa shape index (κ1) is 20.8. The Morgan fingerprint density at radius 1 is 1.19 bits per heavy atom. The predicted octanol–water partition coefficient (Wildman–Crippen LogP) is 2.52. The molecule has 3 rings (SSSR count). The average molecular weight is 395 g/mol. The monoisotopic (exact) mass is 395 g/mol. The quantitative estimate of drug-likeness (QED) is 0.530. The number of alkyl halides is 3. The van der Waals surface area contributed by atoms with Crippen LogP contribution < -0.4 is 9.47 Å². The molecule has 1 atom stereocenters. The summed E-state index contributed by atoms with van der Waals surface area (Å²) in [6.07, 6.45) is -3.25. The first-order valence-electron chi connectivity index (χ1n) is 6.97. The molecule has 0 aliphatic rings. The van der Waals surface area contributed by atoms with Crippen LogP contribution in [0.15, 0.2) is 41.7 Å². The van der Waals surface area contributed by atoms with Gasteiger partial charge >= 0.3 is 41.1 Å². The van der Waals surface area contributed by atoms with E-state index < -0.39 is 23.3 Å². The normalized spacial score (nSPS) is 12.5. The number of H-pyrrole nitrogens is 1. The summed E-state index contributed by atoms with van der Waals surface area (Å²) in [5.41, 5.74) is 1.22. The van der Waals surface area contributed by atoms with Gasteiger partial charge in [-0.3, -0.25) is 9.97 Å². The summed E-state index contributed by atoms with van der Waals surface area (Å²) in [4.78, 5) is 11.0. The number of aromatic amines is 1. The van der Waals surface area contributed by atoms with Crippen molar-refractivity contribution in [1.29, 1.82) is 0 Å². The fourth-order valence-electron chi connectivity index (χ4n) is 2.13. The molecule has 3 aromatic rings. The molecule has 0 aliphatic carbocycles. The number of rotatable bonds is 5. The zero-order valence-electron chi connectivity index (χ0n) is 12.8. The topological polar surface area (TPSA) is 83.1 Å². The van der Waals surface area contributed by atoms with Gasteiger partial charge < -0.3 is 14.0 Å². The van der Waals surface area contributed by atoms with E-state index in [-0.39, 0.29) is 46.0 Å². The number of benzene rings is 1. The molecule has 26 heavy (non-hydrogen) atoms. The summed E-state index contributed by atoms with van der Waals surface area (Å²) in [6, 6.07) is 6.98. The van der Waals surface area contributed by atoms with E-state index in [0.29, 0.717) is 17.0 Å². The number of pyridine rings is 1. The number of hydrogen-bond acceptors (Lipinski definition) is 5. The summed E-state index contributed by atoms with van der Waals surface area (Å²) >= 11 is -1.55. The molecule has 2 heterocycles. The summed E-state index contributed by atoms with van der Waals surface area (Å²) in [5.74, 6) is 0.280. The third-order valence-corrected chi connectivity index (χ3v) is 4.37. The van der Waals surface area contributed by atoms with Crippen molar-refractivity contribution in [3.63, 3.8) is 0 Å². The van der Waals surface area contributed by atoms with Crippen LogP contribution in [0.1, 0.15) is 5.69 Å². The number of nitrogens with one attached hydrogen (secondary N) is 1. The van der Waals surface area contributed by atoms with Crippen LogP contribution in [0, 0.1) is 0 Å². The molecule has 1 aromatic carbocycles. The summed E-state index contributed by atoms with van der Waals surface area (Å²) in [5, 5.41) is 0.142. The Labute approximate surface area is 171 Å². The van der Waals surface area contributed by atoms with Crippen LogP contribution in [0.5, 0.6) is 11.5 Å². The molecule has 134 valence electrons. The minimum absolute atomic E-state index is 0. The molecule has 6 nitrogen and oxygen atoms in total. The third kappa shape index (κ3) is 5.27. The van der Waals surface area contributed by atoms with Gasteiger partial charge in [0.2, 0.25) is 0 Å². The predicted molar refractivity (Wildman–Crippen MR) is 90.8 cm³/mol. The molecule has 0 saturated carbocycles. The van der Waals surface area contributed by atoms with E-state index in [4.69, 9.17) is 4.74 Å². The maximum absolute atomic E-state index is 12.4. The number of methoxy groups -OCH3 is 1. The SMILES string of the molecule is COc1ccnc(C[S+]([O-])c2nc3cc(OC(F)(F)F)ccc3[nH]2)c1.[NaH]. The van der Waals surface area contributed by atoms with Crippen LogP contribution in [-0.2, 0) is 16.9 Å². The van der Waals surface area contributed by atoms with Crippen molar-refractivity contribution in [3.05, 3.63) is 42.2 Å². The number of aromatic nitrogens is 3. The second-order valence-corrected chi connectivity index (χ2v) is 6.31. The molecule has 0 radical (unpaired) electrons. The Hall–Kier alpha value is -1.46. The molecule has 1 N–H and O–H groups in total. The number of nitrogens with zero attached hydrogens (tertiary/aromatic N) is 2. The average Bonchev–Trinajstić information content (AvgIpc) is 2.97. The van der Waals surface area contributed by atoms with Gasteiger partial charge in [0.25, 0.3) is 0 Å². The number of imidazole rings is 1. The van der Waals surface area contributed by atoms with Crippen molar-refractivity contribution in [2.45, 2.75) is 17.3 Å². The molecule has 1 unspecified atom stereocenters. The van der Waals surface area contributed by atoms with Crippen LogP contribution in [0.25, 0.3) is 11.0 Å². The second kappa shape index (κ2) is 8.49. The standard InChI is InChI=1S/C15H12F3N3O3S.Na.H/c1-23-10-4-5-19-9(6-10)8-25(22)14-20-12-3-2-11(7-13(12)21-14)24-15(16,17)18;;/h2-7H,8H2,1H3,(H,20,21);;. The van der Waals surface area contributed by atoms with Gasteiger partial charge in [0.15, 0.2) is 5.75 Å². The molecule has 0 spiro atoms. The Morgan fingerprint density at radius 2 is 1.96 bits per heavy atom. The minimum atomic E-state index is -4.78. The van der Waals surface area contributed by atoms with Crippen LogP contribution >= 0.6 is 0 Å². The molecule has 0 fully saturated rings. The zero-order chi connectivity index (χ0) is 18.0. The molecule has 0 aliphatic heterocycles. The summed E-state index contributed by atoms with van der Waals surface area (Å²) < 4.78 is 58.1. The van der Waals surface area contributed by atoms with Gasteiger partial charge in [-0.25, -0.2) is 0 Å². The van der Waals surface area contributed by atoms with E-state index in [1.807, 2.05) is 0 Å². The summed E-state index contributed by atoms with van der Waals surface area (Å²) in [7, 11) is 1.51. The Kier molecular flexibility index (Phi) is 6.80. The van der Waals surface area contributed by atoms with Crippen molar-refractivity contribution < 1.29 is 27.2 Å². The molecular weight excluding hydrogens is 382 g/mol. The first-order chi connectivity index (χ1) is 11.8. The molecule has 0 amide bonds. The second-order valence-electron chi connectivity index (χ2n) is 4.95. The fraction of sp³-hybridized carbons (Fsp3) is 0.200. The molecule has 2 aromatic heterocycles. The van der Waals surface area contributed by atoms with Gasteiger partial charge in [0.05, 0.1) is 23.8 Å². The van der Waals surface area contributed by atoms with E-state index in [0.717, 1.165) is 12.1 Å². The van der Waals surface area contributed by atoms with Gasteiger partial charge in [-0.2, -0.15) is 4.98 Å². The summed E-state index contributed by atoms with van der Waals surface area (Å²) in [6.45, 7) is 0. The number of fused-ring (bicyclic) bond motifs is 1. The van der Waals surface area contributed by atoms with Crippen molar-refractivity contribution in [2.24, 2.45) is 0 Å². The van der Waals surface area contributed by atoms with Crippen molar-refractivity contribution >= 4 is 51.8 Å². The van der Waals surface area contributed by atoms with Crippen LogP contribution in [0.2, 0.25) is 0 Å². The van der Waals surface area contributed by atoms with E-state index in [1.54, 1.807) is 12.1 Å². The third-order valence-electron chi connectivity index (χ3n) is 3.18. The van der Waals surface area contributed by atoms with Crippen molar-refractivity contribution in [1.82, 2.24) is 15.0 Å². The van der Waals surface area contributed by atoms with Gasteiger partial charge in [-0.15, -0.1) is 13.2 Å². The van der Waals surface area contributed by atoms with E-state index in [1.165, 1.54) is 19.4 Å². The molecule has 11 heteroatoms. The maximum atomic E-state index is 12.4. The fourth-order valence-corrected chi connectivity index (χ4v) is 3.12. The zero-order valence-corrected chi connectivity index (χ0v) is 13.6. The Morgan fingerprint density at radius 3 is 2.65 bits per heavy atom. The van der Waals surface area contributed by atoms with Crippen LogP contribution in [0.4, 0.5) is 13.2 Å². The number of hydrogen-bond donors (Lipinski definition) is 1. The van der Waals surface area contributed by atoms with Gasteiger partial charge in [0.1, 0.15) is 11.5 Å². The number of halogens is 3.